The number of rotatable bonds is 6. The molecule has 5 rings (SSSR count). The summed E-state index contributed by atoms with van der Waals surface area (Å²) < 4.78 is 7.31. The van der Waals surface area contributed by atoms with Crippen molar-refractivity contribution in [3.63, 3.8) is 0 Å². The van der Waals surface area contributed by atoms with Crippen molar-refractivity contribution in [1.29, 1.82) is 5.26 Å². The fourth-order valence-corrected chi connectivity index (χ4v) is 4.77. The number of benzene rings is 3. The van der Waals surface area contributed by atoms with Crippen molar-refractivity contribution in [1.82, 2.24) is 9.38 Å². The van der Waals surface area contributed by atoms with E-state index in [1.165, 1.54) is 13.2 Å². The highest BCUT2D eigenvalue weighted by atomic mass is 16.6. The minimum absolute atomic E-state index is 0.0973. The second kappa shape index (κ2) is 9.28. The largest absolute Gasteiger partial charge is 0.490 e. The second-order valence-electron chi connectivity index (χ2n) is 9.02. The van der Waals surface area contributed by atoms with Gasteiger partial charge in [0.15, 0.2) is 11.4 Å². The SMILES string of the molecule is COc1cc(Nc2c(Cc3ccccc3C)c(C)c(C#N)c3nc4ccccc4n23)c(C)cc1[N+](=O)[O-]. The zero-order valence-corrected chi connectivity index (χ0v) is 21.0. The third-order valence-corrected chi connectivity index (χ3v) is 6.84. The molecule has 0 atom stereocenters. The number of fused-ring (bicyclic) bond motifs is 3. The summed E-state index contributed by atoms with van der Waals surface area (Å²) in [4.78, 5) is 15.9. The maximum absolute atomic E-state index is 11.6. The van der Waals surface area contributed by atoms with Gasteiger partial charge in [-0.2, -0.15) is 5.26 Å². The van der Waals surface area contributed by atoms with Gasteiger partial charge in [0.25, 0.3) is 0 Å². The Morgan fingerprint density at radius 2 is 1.81 bits per heavy atom. The van der Waals surface area contributed by atoms with E-state index in [0.717, 1.165) is 39.1 Å². The molecule has 3 aromatic carbocycles. The summed E-state index contributed by atoms with van der Waals surface area (Å²) in [6.07, 6.45) is 0.584. The molecule has 5 aromatic rings. The number of methoxy groups -OCH3 is 1. The Morgan fingerprint density at radius 3 is 2.51 bits per heavy atom. The highest BCUT2D eigenvalue weighted by Crippen LogP contribution is 2.38. The van der Waals surface area contributed by atoms with Crippen LogP contribution >= 0.6 is 0 Å². The van der Waals surface area contributed by atoms with E-state index in [1.54, 1.807) is 6.07 Å². The zero-order chi connectivity index (χ0) is 26.3. The van der Waals surface area contributed by atoms with Gasteiger partial charge in [-0.25, -0.2) is 4.98 Å². The quantitative estimate of drug-likeness (QED) is 0.214. The Morgan fingerprint density at radius 1 is 1.08 bits per heavy atom. The molecular weight excluding hydrogens is 466 g/mol. The number of para-hydroxylation sites is 2. The van der Waals surface area contributed by atoms with Crippen LogP contribution in [0.15, 0.2) is 60.7 Å². The van der Waals surface area contributed by atoms with Gasteiger partial charge in [-0.1, -0.05) is 36.4 Å². The summed E-state index contributed by atoms with van der Waals surface area (Å²) >= 11 is 0. The highest BCUT2D eigenvalue weighted by Gasteiger charge is 2.23. The van der Waals surface area contributed by atoms with Gasteiger partial charge in [-0.05, 0) is 55.2 Å². The standard InChI is InChI=1S/C29H25N5O3/c1-17-9-5-6-10-20(17)14-21-19(3)22(16-30)29-31-23-11-7-8-12-25(23)33(29)28(21)32-24-15-27(37-4)26(34(35)36)13-18(24)2/h5-13,15,32H,14H2,1-4H3. The number of ether oxygens (including phenoxy) is 1. The Kier molecular flexibility index (Phi) is 5.98. The van der Waals surface area contributed by atoms with Crippen molar-refractivity contribution < 1.29 is 9.66 Å². The molecule has 2 aromatic heterocycles. The lowest BCUT2D eigenvalue weighted by atomic mass is 9.95. The minimum atomic E-state index is -0.452. The first-order chi connectivity index (χ1) is 17.8. The molecule has 0 aliphatic heterocycles. The van der Waals surface area contributed by atoms with E-state index in [1.807, 2.05) is 54.6 Å². The van der Waals surface area contributed by atoms with Crippen LogP contribution in [0, 0.1) is 42.2 Å². The number of hydrogen-bond donors (Lipinski definition) is 1. The number of hydrogen-bond acceptors (Lipinski definition) is 6. The molecule has 0 amide bonds. The van der Waals surface area contributed by atoms with Crippen molar-refractivity contribution in [2.24, 2.45) is 0 Å². The minimum Gasteiger partial charge on any atom is -0.490 e. The average Bonchev–Trinajstić information content (AvgIpc) is 3.27. The molecule has 0 aliphatic carbocycles. The number of nitrogens with zero attached hydrogens (tertiary/aromatic N) is 4. The van der Waals surface area contributed by atoms with Crippen molar-refractivity contribution in [3.8, 4) is 11.8 Å². The molecular formula is C29H25N5O3. The van der Waals surface area contributed by atoms with E-state index in [-0.39, 0.29) is 11.4 Å². The third kappa shape index (κ3) is 4.00. The molecule has 37 heavy (non-hydrogen) atoms. The molecule has 0 bridgehead atoms. The van der Waals surface area contributed by atoms with Crippen molar-refractivity contribution in [2.75, 3.05) is 12.4 Å². The van der Waals surface area contributed by atoms with E-state index in [4.69, 9.17) is 9.72 Å². The van der Waals surface area contributed by atoms with Crippen molar-refractivity contribution in [3.05, 3.63) is 104 Å². The fraction of sp³-hybridized carbons (Fsp3) is 0.172. The van der Waals surface area contributed by atoms with Crippen LogP contribution in [0.2, 0.25) is 0 Å². The smallest absolute Gasteiger partial charge is 0.311 e. The van der Waals surface area contributed by atoms with Crippen molar-refractivity contribution >= 4 is 33.9 Å². The van der Waals surface area contributed by atoms with E-state index >= 15 is 0 Å². The van der Waals surface area contributed by atoms with Crippen LogP contribution in [-0.4, -0.2) is 21.4 Å². The normalized spacial score (nSPS) is 11.0. The third-order valence-electron chi connectivity index (χ3n) is 6.84. The summed E-state index contributed by atoms with van der Waals surface area (Å²) in [5.74, 6) is 0.915. The number of nitro benzene ring substituents is 1. The first kappa shape index (κ1) is 23.8. The van der Waals surface area contributed by atoms with Crippen LogP contribution in [0.3, 0.4) is 0 Å². The molecule has 0 unspecified atom stereocenters. The Balaban J connectivity index is 1.84. The number of pyridine rings is 1. The van der Waals surface area contributed by atoms with Crippen LogP contribution in [-0.2, 0) is 6.42 Å². The molecule has 0 fully saturated rings. The molecule has 1 N–H and O–H groups in total. The molecule has 0 saturated carbocycles. The summed E-state index contributed by atoms with van der Waals surface area (Å²) in [6, 6.07) is 21.4. The van der Waals surface area contributed by atoms with E-state index in [9.17, 15) is 15.4 Å². The number of nitriles is 1. The number of aryl methyl sites for hydroxylation is 2. The van der Waals surface area contributed by atoms with Gasteiger partial charge in [0, 0.05) is 29.8 Å². The number of anilines is 2. The first-order valence-electron chi connectivity index (χ1n) is 11.8. The van der Waals surface area contributed by atoms with Gasteiger partial charge in [-0.15, -0.1) is 0 Å². The van der Waals surface area contributed by atoms with Crippen LogP contribution in [0.4, 0.5) is 17.2 Å². The first-order valence-corrected chi connectivity index (χ1v) is 11.8. The van der Waals surface area contributed by atoms with Crippen LogP contribution < -0.4 is 10.1 Å². The molecule has 0 aliphatic rings. The van der Waals surface area contributed by atoms with Gasteiger partial charge < -0.3 is 10.1 Å². The second-order valence-corrected chi connectivity index (χ2v) is 9.02. The highest BCUT2D eigenvalue weighted by molar-refractivity contribution is 5.87. The summed E-state index contributed by atoms with van der Waals surface area (Å²) in [5, 5.41) is 25.3. The van der Waals surface area contributed by atoms with E-state index in [2.05, 4.69) is 30.4 Å². The monoisotopic (exact) mass is 491 g/mol. The molecule has 184 valence electrons. The number of imidazole rings is 1. The van der Waals surface area contributed by atoms with Gasteiger partial charge in [0.1, 0.15) is 11.9 Å². The zero-order valence-electron chi connectivity index (χ0n) is 21.0. The predicted octanol–water partition coefficient (Wildman–Crippen LogP) is 6.54. The van der Waals surface area contributed by atoms with Gasteiger partial charge in [0.05, 0.1) is 28.6 Å². The molecule has 2 heterocycles. The molecule has 0 spiro atoms. The lowest BCUT2D eigenvalue weighted by molar-refractivity contribution is -0.385. The lowest BCUT2D eigenvalue weighted by Crippen LogP contribution is -2.10. The maximum atomic E-state index is 11.6. The topological polar surface area (TPSA) is 105 Å². The van der Waals surface area contributed by atoms with Crippen LogP contribution in [0.25, 0.3) is 16.7 Å². The Bertz CT molecular complexity index is 1750. The summed E-state index contributed by atoms with van der Waals surface area (Å²) in [6.45, 7) is 5.83. The number of nitro groups is 1. The molecule has 0 radical (unpaired) electrons. The van der Waals surface area contributed by atoms with E-state index in [0.29, 0.717) is 28.9 Å². The van der Waals surface area contributed by atoms with Crippen molar-refractivity contribution in [2.45, 2.75) is 27.2 Å². The Hall–Kier alpha value is -4.90. The van der Waals surface area contributed by atoms with Gasteiger partial charge in [0.2, 0.25) is 0 Å². The molecule has 8 heteroatoms. The van der Waals surface area contributed by atoms with Gasteiger partial charge >= 0.3 is 5.69 Å². The number of aromatic nitrogens is 2. The molecule has 0 saturated heterocycles. The van der Waals surface area contributed by atoms with Crippen LogP contribution in [0.1, 0.15) is 33.4 Å². The number of nitrogens with one attached hydrogen (secondary N) is 1. The Labute approximate surface area is 213 Å². The summed E-state index contributed by atoms with van der Waals surface area (Å²) in [5.41, 5.74) is 8.02. The maximum Gasteiger partial charge on any atom is 0.311 e. The lowest BCUT2D eigenvalue weighted by Gasteiger charge is -2.21. The molecule has 8 nitrogen and oxygen atoms in total. The predicted molar refractivity (Wildman–Crippen MR) is 144 cm³/mol. The average molecular weight is 492 g/mol. The fourth-order valence-electron chi connectivity index (χ4n) is 4.77. The van der Waals surface area contributed by atoms with Gasteiger partial charge in [-0.3, -0.25) is 14.5 Å². The summed E-state index contributed by atoms with van der Waals surface area (Å²) in [7, 11) is 1.42. The van der Waals surface area contributed by atoms with Crippen LogP contribution in [0.5, 0.6) is 5.75 Å². The van der Waals surface area contributed by atoms with E-state index < -0.39 is 4.92 Å².